The third-order valence-corrected chi connectivity index (χ3v) is 3.26. The van der Waals surface area contributed by atoms with Crippen LogP contribution in [0.3, 0.4) is 0 Å². The van der Waals surface area contributed by atoms with Gasteiger partial charge in [-0.05, 0) is 52.2 Å². The van der Waals surface area contributed by atoms with Crippen LogP contribution in [0.15, 0.2) is 47.2 Å². The van der Waals surface area contributed by atoms with Crippen LogP contribution < -0.4 is 5.32 Å². The second kappa shape index (κ2) is 6.18. The minimum absolute atomic E-state index is 0.646. The van der Waals surface area contributed by atoms with Crippen molar-refractivity contribution in [2.24, 2.45) is 0 Å². The molecule has 0 saturated heterocycles. The molecule has 0 bridgehead atoms. The molecule has 0 radical (unpaired) electrons. The van der Waals surface area contributed by atoms with E-state index in [0.29, 0.717) is 5.56 Å². The monoisotopic (exact) mass is 301 g/mol. The lowest BCUT2D eigenvalue weighted by Crippen LogP contribution is -2.06. The van der Waals surface area contributed by atoms with E-state index >= 15 is 0 Å². The molecule has 0 spiro atoms. The Kier molecular flexibility index (Phi) is 4.32. The fourth-order valence-electron chi connectivity index (χ4n) is 1.68. The highest BCUT2D eigenvalue weighted by Gasteiger charge is 2.04. The number of hydrogen-bond donors (Lipinski definition) is 1. The van der Waals surface area contributed by atoms with Crippen molar-refractivity contribution >= 4 is 21.6 Å². The zero-order valence-corrected chi connectivity index (χ0v) is 11.3. The number of pyridine rings is 1. The van der Waals surface area contributed by atoms with Gasteiger partial charge in [0, 0.05) is 23.4 Å². The first-order valence-electron chi connectivity index (χ1n) is 5.62. The molecule has 0 saturated carbocycles. The molecule has 2 aromatic rings. The van der Waals surface area contributed by atoms with Gasteiger partial charge >= 0.3 is 0 Å². The number of rotatable bonds is 4. The molecule has 0 aliphatic carbocycles. The van der Waals surface area contributed by atoms with Crippen molar-refractivity contribution < 1.29 is 0 Å². The molecular weight excluding hydrogens is 290 g/mol. The lowest BCUT2D eigenvalue weighted by molar-refractivity contribution is 1.01. The highest BCUT2D eigenvalue weighted by Crippen LogP contribution is 2.23. The van der Waals surface area contributed by atoms with E-state index in [9.17, 15) is 0 Å². The second-order valence-corrected chi connectivity index (χ2v) is 4.66. The van der Waals surface area contributed by atoms with Gasteiger partial charge in [-0.1, -0.05) is 6.07 Å². The quantitative estimate of drug-likeness (QED) is 0.942. The molecule has 0 aliphatic rings. The van der Waals surface area contributed by atoms with Gasteiger partial charge in [0.1, 0.15) is 6.07 Å². The normalized spacial score (nSPS) is 9.78. The molecule has 2 rings (SSSR count). The second-order valence-electron chi connectivity index (χ2n) is 3.81. The van der Waals surface area contributed by atoms with Crippen molar-refractivity contribution in [2.45, 2.75) is 6.42 Å². The van der Waals surface area contributed by atoms with Gasteiger partial charge in [0.05, 0.1) is 11.3 Å². The van der Waals surface area contributed by atoms with Crippen LogP contribution in [0.4, 0.5) is 5.69 Å². The first-order chi connectivity index (χ1) is 8.81. The number of benzene rings is 1. The van der Waals surface area contributed by atoms with Crippen LogP contribution in [0.1, 0.15) is 11.1 Å². The van der Waals surface area contributed by atoms with E-state index in [1.54, 1.807) is 12.4 Å². The number of nitrogens with zero attached hydrogens (tertiary/aromatic N) is 2. The van der Waals surface area contributed by atoms with Crippen LogP contribution in [0.25, 0.3) is 0 Å². The van der Waals surface area contributed by atoms with Gasteiger partial charge in [-0.2, -0.15) is 5.26 Å². The molecule has 3 nitrogen and oxygen atoms in total. The van der Waals surface area contributed by atoms with Crippen LogP contribution in [0.5, 0.6) is 0 Å². The Morgan fingerprint density at radius 3 is 2.72 bits per heavy atom. The highest BCUT2D eigenvalue weighted by molar-refractivity contribution is 9.10. The average Bonchev–Trinajstić information content (AvgIpc) is 2.40. The summed E-state index contributed by atoms with van der Waals surface area (Å²) in [6, 6.07) is 11.9. The predicted molar refractivity (Wildman–Crippen MR) is 75.3 cm³/mol. The van der Waals surface area contributed by atoms with Crippen molar-refractivity contribution in [3.05, 3.63) is 58.3 Å². The SMILES string of the molecule is N#Cc1c(Br)cccc1NCCc1ccncc1. The van der Waals surface area contributed by atoms with Crippen molar-refractivity contribution in [3.63, 3.8) is 0 Å². The summed E-state index contributed by atoms with van der Waals surface area (Å²) in [6.07, 6.45) is 4.48. The molecule has 0 fully saturated rings. The van der Waals surface area contributed by atoms with Gasteiger partial charge < -0.3 is 5.32 Å². The minimum Gasteiger partial charge on any atom is -0.384 e. The van der Waals surface area contributed by atoms with Crippen LogP contribution in [-0.4, -0.2) is 11.5 Å². The van der Waals surface area contributed by atoms with Gasteiger partial charge in [-0.15, -0.1) is 0 Å². The van der Waals surface area contributed by atoms with Gasteiger partial charge in [0.15, 0.2) is 0 Å². The summed E-state index contributed by atoms with van der Waals surface area (Å²) in [5.41, 5.74) is 2.74. The number of nitrogens with one attached hydrogen (secondary N) is 1. The third-order valence-electron chi connectivity index (χ3n) is 2.60. The number of nitriles is 1. The first kappa shape index (κ1) is 12.6. The highest BCUT2D eigenvalue weighted by atomic mass is 79.9. The maximum atomic E-state index is 9.09. The standard InChI is InChI=1S/C14H12BrN3/c15-13-2-1-3-14(12(13)10-16)18-9-6-11-4-7-17-8-5-11/h1-5,7-8,18H,6,9H2. The molecule has 1 aromatic carbocycles. The van der Waals surface area contributed by atoms with E-state index in [1.807, 2.05) is 30.3 Å². The van der Waals surface area contributed by atoms with Gasteiger partial charge in [0.25, 0.3) is 0 Å². The Morgan fingerprint density at radius 1 is 1.22 bits per heavy atom. The third kappa shape index (κ3) is 3.08. The van der Waals surface area contributed by atoms with Crippen molar-refractivity contribution in [3.8, 4) is 6.07 Å². The summed E-state index contributed by atoms with van der Waals surface area (Å²) in [4.78, 5) is 3.98. The smallest absolute Gasteiger partial charge is 0.103 e. The van der Waals surface area contributed by atoms with E-state index in [0.717, 1.165) is 23.1 Å². The van der Waals surface area contributed by atoms with Crippen molar-refractivity contribution in [2.75, 3.05) is 11.9 Å². The fraction of sp³-hybridized carbons (Fsp3) is 0.143. The fourth-order valence-corrected chi connectivity index (χ4v) is 2.13. The summed E-state index contributed by atoms with van der Waals surface area (Å²) in [5, 5.41) is 12.4. The molecule has 18 heavy (non-hydrogen) atoms. The molecule has 0 amide bonds. The van der Waals surface area contributed by atoms with Crippen LogP contribution in [0.2, 0.25) is 0 Å². The molecule has 1 aromatic heterocycles. The van der Waals surface area contributed by atoms with E-state index < -0.39 is 0 Å². The zero-order chi connectivity index (χ0) is 12.8. The van der Waals surface area contributed by atoms with E-state index in [2.05, 4.69) is 32.3 Å². The van der Waals surface area contributed by atoms with E-state index in [-0.39, 0.29) is 0 Å². The summed E-state index contributed by atoms with van der Waals surface area (Å²) >= 11 is 3.37. The Hall–Kier alpha value is -1.86. The van der Waals surface area contributed by atoms with E-state index in [4.69, 9.17) is 5.26 Å². The lowest BCUT2D eigenvalue weighted by Gasteiger charge is -2.09. The lowest BCUT2D eigenvalue weighted by atomic mass is 10.1. The predicted octanol–water partition coefficient (Wildman–Crippen LogP) is 3.37. The Labute approximate surface area is 115 Å². The van der Waals surface area contributed by atoms with Crippen molar-refractivity contribution in [1.29, 1.82) is 5.26 Å². The molecule has 0 atom stereocenters. The summed E-state index contributed by atoms with van der Waals surface area (Å²) in [7, 11) is 0. The minimum atomic E-state index is 0.646. The summed E-state index contributed by atoms with van der Waals surface area (Å²) in [6.45, 7) is 0.787. The molecule has 4 heteroatoms. The summed E-state index contributed by atoms with van der Waals surface area (Å²) in [5.74, 6) is 0. The number of hydrogen-bond acceptors (Lipinski definition) is 3. The molecule has 90 valence electrons. The Balaban J connectivity index is 1.99. The van der Waals surface area contributed by atoms with Crippen molar-refractivity contribution in [1.82, 2.24) is 4.98 Å². The number of anilines is 1. The van der Waals surface area contributed by atoms with Gasteiger partial charge in [0.2, 0.25) is 0 Å². The maximum absolute atomic E-state index is 9.09. The summed E-state index contributed by atoms with van der Waals surface area (Å²) < 4.78 is 0.818. The Morgan fingerprint density at radius 2 is 2.00 bits per heavy atom. The largest absolute Gasteiger partial charge is 0.384 e. The van der Waals surface area contributed by atoms with Crippen LogP contribution >= 0.6 is 15.9 Å². The first-order valence-corrected chi connectivity index (χ1v) is 6.42. The van der Waals surface area contributed by atoms with E-state index in [1.165, 1.54) is 5.56 Å². The molecular formula is C14H12BrN3. The molecule has 0 unspecified atom stereocenters. The molecule has 0 aliphatic heterocycles. The van der Waals surface area contributed by atoms with Crippen LogP contribution in [0, 0.1) is 11.3 Å². The van der Waals surface area contributed by atoms with Gasteiger partial charge in [-0.3, -0.25) is 4.98 Å². The zero-order valence-electron chi connectivity index (χ0n) is 9.73. The van der Waals surface area contributed by atoms with Gasteiger partial charge in [-0.25, -0.2) is 0 Å². The topological polar surface area (TPSA) is 48.7 Å². The number of aromatic nitrogens is 1. The van der Waals surface area contributed by atoms with Crippen LogP contribution in [-0.2, 0) is 6.42 Å². The Bertz CT molecular complexity index is 561. The maximum Gasteiger partial charge on any atom is 0.103 e. The average molecular weight is 302 g/mol. The number of halogens is 1. The molecule has 1 N–H and O–H groups in total. The molecule has 1 heterocycles.